The lowest BCUT2D eigenvalue weighted by Crippen LogP contribution is -2.25. The van der Waals surface area contributed by atoms with Crippen LogP contribution in [0, 0.1) is 12.3 Å². The molecule has 0 aliphatic heterocycles. The minimum absolute atomic E-state index is 0.109. The summed E-state index contributed by atoms with van der Waals surface area (Å²) in [6.07, 6.45) is 9.32. The number of hydrogen-bond acceptors (Lipinski definition) is 3. The van der Waals surface area contributed by atoms with Gasteiger partial charge in [-0.05, 0) is 22.4 Å². The topological polar surface area (TPSA) is 46.9 Å². The molecule has 0 aliphatic rings. The predicted octanol–water partition coefficient (Wildman–Crippen LogP) is 2.02. The lowest BCUT2D eigenvalue weighted by Gasteiger charge is -2.13. The van der Waals surface area contributed by atoms with Crippen molar-refractivity contribution in [2.75, 3.05) is 5.32 Å². The van der Waals surface area contributed by atoms with Crippen LogP contribution in [0.15, 0.2) is 28.1 Å². The van der Waals surface area contributed by atoms with Gasteiger partial charge in [0.25, 0.3) is 5.56 Å². The van der Waals surface area contributed by atoms with Crippen molar-refractivity contribution in [2.24, 2.45) is 0 Å². The molecule has 0 amide bonds. The van der Waals surface area contributed by atoms with E-state index in [1.54, 1.807) is 12.3 Å². The number of nitrogens with zero attached hydrogens (tertiary/aromatic N) is 2. The summed E-state index contributed by atoms with van der Waals surface area (Å²) in [6.45, 7) is 5.92. The van der Waals surface area contributed by atoms with Crippen molar-refractivity contribution in [3.63, 3.8) is 0 Å². The Morgan fingerprint density at radius 2 is 2.53 bits per heavy atom. The van der Waals surface area contributed by atoms with Crippen molar-refractivity contribution in [1.29, 1.82) is 0 Å². The third-order valence-corrected chi connectivity index (χ3v) is 2.99. The van der Waals surface area contributed by atoms with Gasteiger partial charge in [0.2, 0.25) is 0 Å². The van der Waals surface area contributed by atoms with E-state index in [1.165, 1.54) is 4.68 Å². The van der Waals surface area contributed by atoms with Crippen LogP contribution in [0.5, 0.6) is 0 Å². The molecular formula is C12H14BrN3O. The van der Waals surface area contributed by atoms with Gasteiger partial charge >= 0.3 is 0 Å². The summed E-state index contributed by atoms with van der Waals surface area (Å²) in [5.74, 6) is 2.60. The molecule has 0 saturated heterocycles. The first-order valence-electron chi connectivity index (χ1n) is 5.23. The van der Waals surface area contributed by atoms with E-state index in [0.717, 1.165) is 6.42 Å². The van der Waals surface area contributed by atoms with Crippen LogP contribution in [0.2, 0.25) is 0 Å². The maximum Gasteiger partial charge on any atom is 0.283 e. The number of aromatic nitrogens is 2. The van der Waals surface area contributed by atoms with Gasteiger partial charge in [0, 0.05) is 0 Å². The number of hydrogen-bond donors (Lipinski definition) is 1. The summed E-state index contributed by atoms with van der Waals surface area (Å²) in [7, 11) is 0. The van der Waals surface area contributed by atoms with Gasteiger partial charge in [0.05, 0.1) is 24.5 Å². The Morgan fingerprint density at radius 1 is 1.82 bits per heavy atom. The SMILES string of the molecule is C#CC(CC)Nc1cnn(CC=C)c(=O)c1Br. The molecule has 17 heavy (non-hydrogen) atoms. The number of halogens is 1. The normalized spacial score (nSPS) is 11.6. The van der Waals surface area contributed by atoms with E-state index < -0.39 is 0 Å². The van der Waals surface area contributed by atoms with Crippen LogP contribution < -0.4 is 10.9 Å². The van der Waals surface area contributed by atoms with Crippen LogP contribution in [0.25, 0.3) is 0 Å². The zero-order chi connectivity index (χ0) is 12.8. The van der Waals surface area contributed by atoms with Crippen LogP contribution in [-0.2, 0) is 6.54 Å². The molecule has 90 valence electrons. The van der Waals surface area contributed by atoms with Gasteiger partial charge < -0.3 is 5.32 Å². The van der Waals surface area contributed by atoms with Crippen molar-refractivity contribution in [3.8, 4) is 12.3 Å². The fraction of sp³-hybridized carbons (Fsp3) is 0.333. The van der Waals surface area contributed by atoms with Gasteiger partial charge in [-0.15, -0.1) is 13.0 Å². The van der Waals surface area contributed by atoms with Crippen molar-refractivity contribution in [2.45, 2.75) is 25.9 Å². The molecule has 1 aromatic rings. The van der Waals surface area contributed by atoms with Gasteiger partial charge in [0.1, 0.15) is 4.47 Å². The largest absolute Gasteiger partial charge is 0.369 e. The molecule has 1 atom stereocenters. The standard InChI is InChI=1S/C12H14BrN3O/c1-4-7-16-12(17)11(13)10(8-14-16)15-9(5-2)6-3/h2,4,8-9,15H,1,6-7H2,3H3. The molecule has 1 heterocycles. The van der Waals surface area contributed by atoms with E-state index >= 15 is 0 Å². The number of allylic oxidation sites excluding steroid dienone is 1. The van der Waals surface area contributed by atoms with Gasteiger partial charge in [0.15, 0.2) is 0 Å². The monoisotopic (exact) mass is 295 g/mol. The van der Waals surface area contributed by atoms with Crippen LogP contribution in [-0.4, -0.2) is 15.8 Å². The van der Waals surface area contributed by atoms with Crippen molar-refractivity contribution < 1.29 is 0 Å². The second-order valence-electron chi connectivity index (χ2n) is 3.42. The fourth-order valence-corrected chi connectivity index (χ4v) is 1.69. The second-order valence-corrected chi connectivity index (χ2v) is 4.21. The van der Waals surface area contributed by atoms with Crippen LogP contribution in [0.1, 0.15) is 13.3 Å². The molecule has 0 fully saturated rings. The minimum atomic E-state index is -0.207. The van der Waals surface area contributed by atoms with E-state index in [9.17, 15) is 4.79 Å². The molecule has 1 unspecified atom stereocenters. The van der Waals surface area contributed by atoms with Crippen LogP contribution in [0.3, 0.4) is 0 Å². The lowest BCUT2D eigenvalue weighted by molar-refractivity contribution is 0.648. The molecule has 1 N–H and O–H groups in total. The Kier molecular flexibility index (Phi) is 4.98. The molecular weight excluding hydrogens is 282 g/mol. The zero-order valence-electron chi connectivity index (χ0n) is 9.61. The summed E-state index contributed by atoms with van der Waals surface area (Å²) >= 11 is 3.25. The average molecular weight is 296 g/mol. The summed E-state index contributed by atoms with van der Waals surface area (Å²) in [4.78, 5) is 11.9. The predicted molar refractivity (Wildman–Crippen MR) is 72.9 cm³/mol. The Morgan fingerprint density at radius 3 is 3.06 bits per heavy atom. The maximum atomic E-state index is 11.9. The third kappa shape index (κ3) is 3.21. The smallest absolute Gasteiger partial charge is 0.283 e. The Balaban J connectivity index is 3.05. The molecule has 5 heteroatoms. The van der Waals surface area contributed by atoms with E-state index in [2.05, 4.69) is 38.8 Å². The van der Waals surface area contributed by atoms with Crippen molar-refractivity contribution >= 4 is 21.6 Å². The number of anilines is 1. The number of terminal acetylenes is 1. The van der Waals surface area contributed by atoms with Gasteiger partial charge in [-0.1, -0.05) is 18.9 Å². The third-order valence-electron chi connectivity index (χ3n) is 2.23. The molecule has 0 saturated carbocycles. The fourth-order valence-electron chi connectivity index (χ4n) is 1.27. The minimum Gasteiger partial charge on any atom is -0.369 e. The summed E-state index contributed by atoms with van der Waals surface area (Å²) in [6, 6.07) is -0.109. The average Bonchev–Trinajstić information content (AvgIpc) is 2.34. The first-order chi connectivity index (χ1) is 8.13. The highest BCUT2D eigenvalue weighted by Gasteiger charge is 2.10. The van der Waals surface area contributed by atoms with E-state index in [0.29, 0.717) is 16.7 Å². The molecule has 0 spiro atoms. The first-order valence-corrected chi connectivity index (χ1v) is 6.02. The molecule has 0 bridgehead atoms. The van der Waals surface area contributed by atoms with Gasteiger partial charge in [-0.3, -0.25) is 4.79 Å². The van der Waals surface area contributed by atoms with E-state index in [1.807, 2.05) is 6.92 Å². The molecule has 4 nitrogen and oxygen atoms in total. The second kappa shape index (κ2) is 6.26. The van der Waals surface area contributed by atoms with E-state index in [-0.39, 0.29) is 11.6 Å². The van der Waals surface area contributed by atoms with E-state index in [4.69, 9.17) is 6.42 Å². The zero-order valence-corrected chi connectivity index (χ0v) is 11.2. The van der Waals surface area contributed by atoms with Gasteiger partial charge in [-0.25, -0.2) is 4.68 Å². The molecule has 1 rings (SSSR count). The van der Waals surface area contributed by atoms with Crippen LogP contribution in [0.4, 0.5) is 5.69 Å². The highest BCUT2D eigenvalue weighted by molar-refractivity contribution is 9.10. The molecule has 1 aromatic heterocycles. The Labute approximate surface area is 109 Å². The highest BCUT2D eigenvalue weighted by atomic mass is 79.9. The molecule has 0 aliphatic carbocycles. The summed E-state index contributed by atoms with van der Waals surface area (Å²) < 4.78 is 1.75. The maximum absolute atomic E-state index is 11.9. The number of rotatable bonds is 5. The lowest BCUT2D eigenvalue weighted by atomic mass is 10.2. The van der Waals surface area contributed by atoms with Crippen molar-refractivity contribution in [1.82, 2.24) is 9.78 Å². The number of nitrogens with one attached hydrogen (secondary N) is 1. The Bertz CT molecular complexity index is 501. The van der Waals surface area contributed by atoms with Crippen LogP contribution >= 0.6 is 15.9 Å². The summed E-state index contributed by atoms with van der Waals surface area (Å²) in [5.41, 5.74) is 0.405. The molecule has 0 aromatic carbocycles. The Hall–Kier alpha value is -1.54. The van der Waals surface area contributed by atoms with Gasteiger partial charge in [-0.2, -0.15) is 5.10 Å². The van der Waals surface area contributed by atoms with Crippen molar-refractivity contribution in [3.05, 3.63) is 33.7 Å². The first kappa shape index (κ1) is 13.5. The highest BCUT2D eigenvalue weighted by Crippen LogP contribution is 2.17. The quantitative estimate of drug-likeness (QED) is 0.668. The summed E-state index contributed by atoms with van der Waals surface area (Å²) in [5, 5.41) is 7.09. The molecule has 0 radical (unpaired) electrons.